The average molecular weight is 256 g/mol. The molecule has 0 radical (unpaired) electrons. The van der Waals surface area contributed by atoms with E-state index in [0.29, 0.717) is 12.0 Å². The van der Waals surface area contributed by atoms with Gasteiger partial charge in [-0.3, -0.25) is 10.1 Å². The van der Waals surface area contributed by atoms with Crippen LogP contribution in [-0.4, -0.2) is 24.0 Å². The Bertz CT molecular complexity index is 305. The van der Waals surface area contributed by atoms with Crippen molar-refractivity contribution in [1.82, 2.24) is 5.32 Å². The van der Waals surface area contributed by atoms with Crippen LogP contribution in [0.3, 0.4) is 0 Å². The fraction of sp³-hybridized carbons (Fsp3) is 0.846. The Labute approximate surface area is 109 Å². The molecule has 1 rings (SSSR count). The van der Waals surface area contributed by atoms with Gasteiger partial charge < -0.3 is 11.1 Å². The van der Waals surface area contributed by atoms with Gasteiger partial charge in [-0.15, -0.1) is 0 Å². The molecule has 0 aromatic heterocycles. The molecule has 0 saturated heterocycles. The quantitative estimate of drug-likeness (QED) is 0.677. The zero-order valence-electron chi connectivity index (χ0n) is 11.6. The third-order valence-corrected chi connectivity index (χ3v) is 3.90. The first-order valence-corrected chi connectivity index (χ1v) is 6.87. The molecule has 5 heteroatoms. The first kappa shape index (κ1) is 15.0. The van der Waals surface area contributed by atoms with Crippen LogP contribution >= 0.6 is 0 Å². The first-order valence-electron chi connectivity index (χ1n) is 6.87. The highest BCUT2D eigenvalue weighted by Gasteiger charge is 2.33. The van der Waals surface area contributed by atoms with Gasteiger partial charge in [0.25, 0.3) is 5.91 Å². The Morgan fingerprint density at radius 1 is 1.28 bits per heavy atom. The molecule has 5 N–H and O–H groups in total. The number of nitrogens with one attached hydrogen (secondary N) is 1. The number of hydrogen-bond donors (Lipinski definition) is 3. The minimum Gasteiger partial charge on any atom is -0.351 e. The number of rotatable bonds is 4. The number of nitrogens with two attached hydrogens (primary N) is 2. The average Bonchev–Trinajstić information content (AvgIpc) is 2.26. The monoisotopic (exact) mass is 256 g/mol. The lowest BCUT2D eigenvalue weighted by atomic mass is 9.85. The fourth-order valence-corrected chi connectivity index (χ4v) is 2.71. The smallest absolute Gasteiger partial charge is 0.319 e. The molecule has 0 aliphatic heterocycles. The Morgan fingerprint density at radius 3 is 2.39 bits per heavy atom. The van der Waals surface area contributed by atoms with Crippen molar-refractivity contribution in [3.8, 4) is 0 Å². The third kappa shape index (κ3) is 4.29. The van der Waals surface area contributed by atoms with E-state index >= 15 is 0 Å². The van der Waals surface area contributed by atoms with E-state index in [0.717, 1.165) is 6.42 Å². The lowest BCUT2D eigenvalue weighted by Crippen LogP contribution is -2.99. The highest BCUT2D eigenvalue weighted by Crippen LogP contribution is 2.21. The normalized spacial score (nSPS) is 25.8. The van der Waals surface area contributed by atoms with Gasteiger partial charge in [-0.25, -0.2) is 4.79 Å². The van der Waals surface area contributed by atoms with Crippen LogP contribution in [0, 0.1) is 11.8 Å². The molecule has 0 aromatic carbocycles. The van der Waals surface area contributed by atoms with Crippen molar-refractivity contribution in [3.63, 3.8) is 0 Å². The number of primary amides is 1. The number of quaternary nitrogens is 1. The number of carbonyl (C=O) groups is 2. The number of hydrogen-bond acceptors (Lipinski definition) is 2. The second-order valence-electron chi connectivity index (χ2n) is 5.74. The molecule has 104 valence electrons. The van der Waals surface area contributed by atoms with E-state index in [2.05, 4.69) is 17.6 Å². The summed E-state index contributed by atoms with van der Waals surface area (Å²) in [5.41, 5.74) is 5.01. The zero-order valence-corrected chi connectivity index (χ0v) is 11.6. The minimum atomic E-state index is -0.768. The van der Waals surface area contributed by atoms with Gasteiger partial charge in [0.05, 0.1) is 6.04 Å². The van der Waals surface area contributed by atoms with Crippen LogP contribution < -0.4 is 16.4 Å². The van der Waals surface area contributed by atoms with Crippen LogP contribution in [0.25, 0.3) is 0 Å². The summed E-state index contributed by atoms with van der Waals surface area (Å²) in [6.45, 7) is 6.23. The van der Waals surface area contributed by atoms with Crippen molar-refractivity contribution in [3.05, 3.63) is 0 Å². The van der Waals surface area contributed by atoms with Crippen molar-refractivity contribution in [2.24, 2.45) is 17.6 Å². The van der Waals surface area contributed by atoms with E-state index < -0.39 is 6.03 Å². The molecule has 18 heavy (non-hydrogen) atoms. The van der Waals surface area contributed by atoms with Crippen LogP contribution in [-0.2, 0) is 4.79 Å². The molecule has 0 heterocycles. The summed E-state index contributed by atoms with van der Waals surface area (Å²) < 4.78 is 0. The molecule has 3 amide bonds. The van der Waals surface area contributed by atoms with E-state index in [1.165, 1.54) is 19.3 Å². The third-order valence-electron chi connectivity index (χ3n) is 3.90. The van der Waals surface area contributed by atoms with Gasteiger partial charge in [-0.1, -0.05) is 27.2 Å². The summed E-state index contributed by atoms with van der Waals surface area (Å²) in [6, 6.07) is -0.524. The maximum Gasteiger partial charge on any atom is 0.319 e. The lowest BCUT2D eigenvalue weighted by Gasteiger charge is -2.30. The van der Waals surface area contributed by atoms with Gasteiger partial charge in [0.2, 0.25) is 0 Å². The molecule has 0 spiro atoms. The van der Waals surface area contributed by atoms with Crippen molar-refractivity contribution >= 4 is 11.9 Å². The van der Waals surface area contributed by atoms with E-state index in [-0.39, 0.29) is 17.9 Å². The summed E-state index contributed by atoms with van der Waals surface area (Å²) in [6.07, 6.45) is 4.89. The van der Waals surface area contributed by atoms with Crippen LogP contribution in [0.5, 0.6) is 0 Å². The van der Waals surface area contributed by atoms with Crippen LogP contribution in [0.1, 0.15) is 46.5 Å². The minimum absolute atomic E-state index is 0.179. The van der Waals surface area contributed by atoms with E-state index in [9.17, 15) is 9.59 Å². The number of carbonyl (C=O) groups excluding carboxylic acids is 2. The maximum absolute atomic E-state index is 11.9. The SMILES string of the molecule is CC(C)[C@H]([NH2+][C@H]1CCCC[C@@H]1C)C(=O)NC(N)=O. The number of amides is 3. The molecule has 0 unspecified atom stereocenters. The summed E-state index contributed by atoms with van der Waals surface area (Å²) in [7, 11) is 0. The topological polar surface area (TPSA) is 88.8 Å². The van der Waals surface area contributed by atoms with E-state index in [1.807, 2.05) is 13.8 Å². The predicted octanol–water partition coefficient (Wildman–Crippen LogP) is 0.348. The van der Waals surface area contributed by atoms with Crippen molar-refractivity contribution in [2.75, 3.05) is 0 Å². The van der Waals surface area contributed by atoms with Gasteiger partial charge in [0.15, 0.2) is 6.04 Å². The molecule has 0 bridgehead atoms. The maximum atomic E-state index is 11.9. The molecular weight excluding hydrogens is 230 g/mol. The predicted molar refractivity (Wildman–Crippen MR) is 69.7 cm³/mol. The number of urea groups is 1. The number of imide groups is 1. The Morgan fingerprint density at radius 2 is 1.89 bits per heavy atom. The molecule has 5 nitrogen and oxygen atoms in total. The van der Waals surface area contributed by atoms with Crippen molar-refractivity contribution < 1.29 is 14.9 Å². The molecule has 1 aliphatic rings. The standard InChI is InChI=1S/C13H25N3O2/c1-8(2)11(12(17)16-13(14)18)15-10-7-5-4-6-9(10)3/h8-11,15H,4-7H2,1-3H3,(H3,14,16,17,18)/p+1/t9-,10-,11-/m0/s1. The van der Waals surface area contributed by atoms with Crippen LogP contribution in [0.2, 0.25) is 0 Å². The summed E-state index contributed by atoms with van der Waals surface area (Å²) in [5.74, 6) is 0.537. The van der Waals surface area contributed by atoms with Crippen molar-refractivity contribution in [2.45, 2.75) is 58.5 Å². The molecule has 1 aliphatic carbocycles. The van der Waals surface area contributed by atoms with E-state index in [1.54, 1.807) is 0 Å². The molecule has 3 atom stereocenters. The van der Waals surface area contributed by atoms with Gasteiger partial charge in [-0.2, -0.15) is 0 Å². The second kappa shape index (κ2) is 6.73. The van der Waals surface area contributed by atoms with Crippen LogP contribution in [0.4, 0.5) is 4.79 Å². The Kier molecular flexibility index (Phi) is 5.59. The highest BCUT2D eigenvalue weighted by atomic mass is 16.2. The molecule has 1 fully saturated rings. The Hall–Kier alpha value is -1.10. The van der Waals surface area contributed by atoms with Crippen LogP contribution in [0.15, 0.2) is 0 Å². The lowest BCUT2D eigenvalue weighted by molar-refractivity contribution is -0.722. The Balaban J connectivity index is 2.61. The largest absolute Gasteiger partial charge is 0.351 e. The summed E-state index contributed by atoms with van der Waals surface area (Å²) >= 11 is 0. The summed E-state index contributed by atoms with van der Waals surface area (Å²) in [4.78, 5) is 22.7. The van der Waals surface area contributed by atoms with Gasteiger partial charge >= 0.3 is 6.03 Å². The van der Waals surface area contributed by atoms with Gasteiger partial charge in [0, 0.05) is 11.8 Å². The van der Waals surface area contributed by atoms with Gasteiger partial charge in [-0.05, 0) is 19.3 Å². The molecule has 1 saturated carbocycles. The fourth-order valence-electron chi connectivity index (χ4n) is 2.71. The first-order chi connectivity index (χ1) is 8.41. The van der Waals surface area contributed by atoms with E-state index in [4.69, 9.17) is 5.73 Å². The van der Waals surface area contributed by atoms with Gasteiger partial charge in [0.1, 0.15) is 0 Å². The van der Waals surface area contributed by atoms with Crippen molar-refractivity contribution in [1.29, 1.82) is 0 Å². The molecule has 0 aromatic rings. The summed E-state index contributed by atoms with van der Waals surface area (Å²) in [5, 5.41) is 4.33. The second-order valence-corrected chi connectivity index (χ2v) is 5.74. The molecular formula is C13H26N3O2+. The highest BCUT2D eigenvalue weighted by molar-refractivity contribution is 5.95. The zero-order chi connectivity index (χ0) is 13.7.